The van der Waals surface area contributed by atoms with Crippen molar-refractivity contribution in [3.8, 4) is 12.1 Å². The number of aromatic nitrogens is 1. The number of carbonyl (C=O) groups excluding carboxylic acids is 1. The van der Waals surface area contributed by atoms with Gasteiger partial charge in [-0.2, -0.15) is 15.1 Å². The maximum absolute atomic E-state index is 13.0. The van der Waals surface area contributed by atoms with E-state index in [0.29, 0.717) is 10.7 Å². The fourth-order valence-electron chi connectivity index (χ4n) is 2.22. The van der Waals surface area contributed by atoms with E-state index in [1.54, 1.807) is 55.4 Å². The maximum atomic E-state index is 13.0. The SMILES string of the molecule is Cc1cccc[n+]1/C(C(=O)c1ccc(Cl)cc1)=C(/C#N)C(=C=[N-])C#N. The lowest BCUT2D eigenvalue weighted by Gasteiger charge is -2.06. The van der Waals surface area contributed by atoms with Gasteiger partial charge in [-0.25, -0.2) is 5.87 Å². The van der Waals surface area contributed by atoms with Crippen LogP contribution in [0.5, 0.6) is 0 Å². The molecule has 0 spiro atoms. The molecule has 0 saturated heterocycles. The first-order valence-electron chi connectivity index (χ1n) is 7.13. The first-order valence-corrected chi connectivity index (χ1v) is 7.51. The second kappa shape index (κ2) is 7.86. The monoisotopic (exact) mass is 346 g/mol. The van der Waals surface area contributed by atoms with Crippen molar-refractivity contribution in [2.24, 2.45) is 0 Å². The van der Waals surface area contributed by atoms with Gasteiger partial charge in [-0.3, -0.25) is 4.79 Å². The maximum Gasteiger partial charge on any atom is 0.279 e. The van der Waals surface area contributed by atoms with Crippen LogP contribution in [0.4, 0.5) is 0 Å². The molecule has 0 aliphatic carbocycles. The number of aryl methyl sites for hydroxylation is 1. The van der Waals surface area contributed by atoms with Gasteiger partial charge in [0.15, 0.2) is 17.5 Å². The van der Waals surface area contributed by atoms with Gasteiger partial charge in [0.1, 0.15) is 12.1 Å². The molecule has 0 aliphatic rings. The molecule has 25 heavy (non-hydrogen) atoms. The Bertz CT molecular complexity index is 1000. The van der Waals surface area contributed by atoms with Crippen molar-refractivity contribution in [3.63, 3.8) is 0 Å². The summed E-state index contributed by atoms with van der Waals surface area (Å²) >= 11 is 5.85. The first-order chi connectivity index (χ1) is 12.0. The highest BCUT2D eigenvalue weighted by Gasteiger charge is 2.30. The molecule has 0 bridgehead atoms. The van der Waals surface area contributed by atoms with Gasteiger partial charge in [-0.15, -0.1) is 0 Å². The van der Waals surface area contributed by atoms with Crippen molar-refractivity contribution in [3.05, 3.63) is 81.5 Å². The second-order valence-corrected chi connectivity index (χ2v) is 5.42. The summed E-state index contributed by atoms with van der Waals surface area (Å²) in [5, 5.41) is 28.3. The number of allylic oxidation sites excluding steroid dienone is 3. The molecular formula is C19H11ClN4O. The van der Waals surface area contributed by atoms with Crippen LogP contribution in [0.3, 0.4) is 0 Å². The average molecular weight is 347 g/mol. The van der Waals surface area contributed by atoms with Crippen molar-refractivity contribution in [1.82, 2.24) is 0 Å². The third kappa shape index (κ3) is 3.71. The summed E-state index contributed by atoms with van der Waals surface area (Å²) in [6, 6.07) is 14.9. The number of hydrogen-bond acceptors (Lipinski definition) is 3. The Kier molecular flexibility index (Phi) is 5.61. The van der Waals surface area contributed by atoms with Crippen molar-refractivity contribution in [2.75, 3.05) is 0 Å². The van der Waals surface area contributed by atoms with Crippen LogP contribution in [0.1, 0.15) is 16.1 Å². The van der Waals surface area contributed by atoms with E-state index >= 15 is 0 Å². The van der Waals surface area contributed by atoms with E-state index in [9.17, 15) is 10.1 Å². The summed E-state index contributed by atoms with van der Waals surface area (Å²) in [4.78, 5) is 13.0. The van der Waals surface area contributed by atoms with Crippen LogP contribution < -0.4 is 4.57 Å². The Morgan fingerprint density at radius 1 is 1.12 bits per heavy atom. The number of benzene rings is 1. The van der Waals surface area contributed by atoms with Crippen molar-refractivity contribution < 1.29 is 9.36 Å². The Morgan fingerprint density at radius 3 is 2.32 bits per heavy atom. The molecule has 0 saturated carbocycles. The van der Waals surface area contributed by atoms with E-state index in [4.69, 9.17) is 22.3 Å². The van der Waals surface area contributed by atoms with Crippen LogP contribution in [-0.4, -0.2) is 11.7 Å². The summed E-state index contributed by atoms with van der Waals surface area (Å²) in [6.45, 7) is 1.75. The normalized spacial score (nSPS) is 10.7. The quantitative estimate of drug-likeness (QED) is 0.212. The number of hydrogen-bond donors (Lipinski definition) is 0. The molecule has 0 amide bonds. The molecule has 2 aromatic rings. The highest BCUT2D eigenvalue weighted by atomic mass is 35.5. The van der Waals surface area contributed by atoms with Gasteiger partial charge >= 0.3 is 0 Å². The van der Waals surface area contributed by atoms with Crippen molar-refractivity contribution in [1.29, 1.82) is 10.5 Å². The second-order valence-electron chi connectivity index (χ2n) is 4.98. The number of pyridine rings is 1. The minimum absolute atomic E-state index is 0.0546. The third-order valence-corrected chi connectivity index (χ3v) is 3.70. The predicted octanol–water partition coefficient (Wildman–Crippen LogP) is 3.24. The Balaban J connectivity index is 2.83. The molecule has 0 aliphatic heterocycles. The molecule has 1 aromatic carbocycles. The van der Waals surface area contributed by atoms with E-state index in [-0.39, 0.29) is 16.8 Å². The smallest absolute Gasteiger partial charge is 0.279 e. The molecule has 0 N–H and O–H groups in total. The number of Topliss-reactive ketones (excluding diaryl/α,β-unsaturated/α-hetero) is 1. The molecule has 120 valence electrons. The highest BCUT2D eigenvalue weighted by Crippen LogP contribution is 2.19. The molecule has 1 heterocycles. The van der Waals surface area contributed by atoms with E-state index < -0.39 is 11.4 Å². The number of carbonyl (C=O) groups is 1. The number of halogens is 1. The van der Waals surface area contributed by atoms with Gasteiger partial charge in [0, 0.05) is 29.6 Å². The largest absolute Gasteiger partial charge is 0.762 e. The van der Waals surface area contributed by atoms with Crippen LogP contribution in [-0.2, 0) is 0 Å². The number of rotatable bonds is 4. The minimum atomic E-state index is -0.490. The molecule has 0 atom stereocenters. The molecule has 1 aromatic heterocycles. The van der Waals surface area contributed by atoms with Crippen LogP contribution in [0, 0.1) is 29.6 Å². The lowest BCUT2D eigenvalue weighted by Crippen LogP contribution is -2.40. The Labute approximate surface area is 149 Å². The van der Waals surface area contributed by atoms with Gasteiger partial charge in [-0.1, -0.05) is 17.7 Å². The van der Waals surface area contributed by atoms with Crippen LogP contribution >= 0.6 is 11.6 Å². The van der Waals surface area contributed by atoms with Crippen LogP contribution in [0.2, 0.25) is 5.02 Å². The van der Waals surface area contributed by atoms with E-state index in [1.165, 1.54) is 16.7 Å². The summed E-state index contributed by atoms with van der Waals surface area (Å²) < 4.78 is 1.49. The molecule has 2 rings (SSSR count). The van der Waals surface area contributed by atoms with Crippen LogP contribution in [0.25, 0.3) is 11.1 Å². The Hall–Kier alpha value is -3.50. The van der Waals surface area contributed by atoms with Crippen molar-refractivity contribution in [2.45, 2.75) is 6.92 Å². The first kappa shape index (κ1) is 17.8. The fraction of sp³-hybridized carbons (Fsp3) is 0.0526. The van der Waals surface area contributed by atoms with Gasteiger partial charge in [0.25, 0.3) is 11.5 Å². The van der Waals surface area contributed by atoms with E-state index in [0.717, 1.165) is 0 Å². The van der Waals surface area contributed by atoms with Crippen molar-refractivity contribution >= 4 is 29.0 Å². The predicted molar refractivity (Wildman–Crippen MR) is 93.5 cm³/mol. The number of nitrogens with zero attached hydrogens (tertiary/aromatic N) is 4. The van der Waals surface area contributed by atoms with E-state index in [1.807, 2.05) is 6.07 Å². The molecule has 6 heteroatoms. The zero-order valence-electron chi connectivity index (χ0n) is 13.2. The number of nitriles is 2. The van der Waals surface area contributed by atoms with Gasteiger partial charge in [-0.05, 0) is 24.3 Å². The summed E-state index contributed by atoms with van der Waals surface area (Å²) in [6.07, 6.45) is 1.60. The summed E-state index contributed by atoms with van der Waals surface area (Å²) in [5.41, 5.74) is 0.210. The van der Waals surface area contributed by atoms with Crippen LogP contribution in [0.15, 0.2) is 59.8 Å². The molecular weight excluding hydrogens is 336 g/mol. The molecule has 5 nitrogen and oxygen atoms in total. The third-order valence-electron chi connectivity index (χ3n) is 3.45. The van der Waals surface area contributed by atoms with Gasteiger partial charge in [0.05, 0.1) is 5.57 Å². The number of ketones is 1. The topological polar surface area (TPSA) is 90.8 Å². The fourth-order valence-corrected chi connectivity index (χ4v) is 2.35. The summed E-state index contributed by atoms with van der Waals surface area (Å²) in [5.74, 6) is 1.19. The highest BCUT2D eigenvalue weighted by molar-refractivity contribution is 6.31. The van der Waals surface area contributed by atoms with Gasteiger partial charge < -0.3 is 5.41 Å². The summed E-state index contributed by atoms with van der Waals surface area (Å²) in [7, 11) is 0. The molecule has 0 unspecified atom stereocenters. The lowest BCUT2D eigenvalue weighted by molar-refractivity contribution is -0.584. The van der Waals surface area contributed by atoms with Gasteiger partial charge in [0.2, 0.25) is 0 Å². The molecule has 0 radical (unpaired) electrons. The van der Waals surface area contributed by atoms with E-state index in [2.05, 4.69) is 0 Å². The average Bonchev–Trinajstić information content (AvgIpc) is 2.63. The minimum Gasteiger partial charge on any atom is -0.762 e. The standard InChI is InChI=1S/C19H11ClN4O/c1-13-4-2-3-9-24(13)18(17(12-23)15(10-21)11-22)19(25)14-5-7-16(20)8-6-14/h2-9H,1H3/b18-17-. The zero-order chi connectivity index (χ0) is 18.4. The Morgan fingerprint density at radius 2 is 1.80 bits per heavy atom. The lowest BCUT2D eigenvalue weighted by atomic mass is 10.00. The zero-order valence-corrected chi connectivity index (χ0v) is 13.9. The molecule has 0 fully saturated rings.